The van der Waals surface area contributed by atoms with Crippen LogP contribution in [0.15, 0.2) is 79.1 Å². The average Bonchev–Trinajstić information content (AvgIpc) is 3.69. The number of aliphatic hydroxyl groups excluding tert-OH is 1. The summed E-state index contributed by atoms with van der Waals surface area (Å²) in [5, 5.41) is 34.3. The lowest BCUT2D eigenvalue weighted by atomic mass is 9.98. The molecule has 4 aromatic heterocycles. The fourth-order valence-corrected chi connectivity index (χ4v) is 5.62. The van der Waals surface area contributed by atoms with Crippen LogP contribution in [0.3, 0.4) is 0 Å². The van der Waals surface area contributed by atoms with Crippen LogP contribution in [0.5, 0.6) is 0 Å². The van der Waals surface area contributed by atoms with Crippen LogP contribution < -0.4 is 4.73 Å². The van der Waals surface area contributed by atoms with E-state index in [1.54, 1.807) is 16.8 Å². The number of aliphatic hydroxyl groups is 1. The van der Waals surface area contributed by atoms with Crippen LogP contribution in [-0.4, -0.2) is 46.5 Å². The van der Waals surface area contributed by atoms with Crippen LogP contribution in [0.4, 0.5) is 0 Å². The van der Waals surface area contributed by atoms with E-state index in [0.29, 0.717) is 24.7 Å². The molecule has 0 fully saturated rings. The van der Waals surface area contributed by atoms with Gasteiger partial charge in [-0.2, -0.15) is 9.41 Å². The number of hydrogen-bond donors (Lipinski definition) is 1. The fourth-order valence-electron chi connectivity index (χ4n) is 5.62. The molecule has 4 heterocycles. The van der Waals surface area contributed by atoms with E-state index < -0.39 is 0 Å². The number of tetrazole rings is 1. The van der Waals surface area contributed by atoms with E-state index in [4.69, 9.17) is 14.7 Å². The van der Waals surface area contributed by atoms with E-state index in [2.05, 4.69) is 57.3 Å². The van der Waals surface area contributed by atoms with Crippen LogP contribution in [-0.2, 0) is 24.3 Å². The Balaban J connectivity index is 1.34. The molecular formula is C34H36N8O3. The van der Waals surface area contributed by atoms with Gasteiger partial charge in [0.15, 0.2) is 30.1 Å². The molecule has 0 spiro atoms. The second kappa shape index (κ2) is 13.3. The molecule has 11 heteroatoms. The van der Waals surface area contributed by atoms with Crippen molar-refractivity contribution in [2.75, 3.05) is 6.61 Å². The molecule has 0 aliphatic heterocycles. The Labute approximate surface area is 261 Å². The van der Waals surface area contributed by atoms with Gasteiger partial charge in [0.25, 0.3) is 0 Å². The van der Waals surface area contributed by atoms with E-state index in [1.165, 1.54) is 12.4 Å². The molecule has 0 bridgehead atoms. The number of imidazole rings is 1. The van der Waals surface area contributed by atoms with Crippen molar-refractivity contribution < 1.29 is 14.6 Å². The van der Waals surface area contributed by atoms with E-state index in [9.17, 15) is 10.3 Å². The SMILES string of the molecule is CCCCc1nc2cc(-c3cc[n+]([O-])cc3)c(CO)nc2n1Cc1ccc(-c2ccccc2-c2nnnn2C(C)OCC)cc1. The maximum Gasteiger partial charge on any atom is 0.185 e. The van der Waals surface area contributed by atoms with E-state index in [-0.39, 0.29) is 12.8 Å². The lowest BCUT2D eigenvalue weighted by molar-refractivity contribution is -0.605. The number of aromatic nitrogens is 8. The molecule has 0 saturated carbocycles. The Morgan fingerprint density at radius 2 is 1.67 bits per heavy atom. The van der Waals surface area contributed by atoms with Crippen molar-refractivity contribution in [3.8, 4) is 33.6 Å². The van der Waals surface area contributed by atoms with E-state index >= 15 is 0 Å². The van der Waals surface area contributed by atoms with Gasteiger partial charge in [-0.15, -0.1) is 5.10 Å². The third-order valence-electron chi connectivity index (χ3n) is 7.91. The summed E-state index contributed by atoms with van der Waals surface area (Å²) < 4.78 is 10.3. The van der Waals surface area contributed by atoms with Crippen molar-refractivity contribution in [3.05, 3.63) is 101 Å². The second-order valence-electron chi connectivity index (χ2n) is 10.9. The van der Waals surface area contributed by atoms with Gasteiger partial charge in [0.05, 0.1) is 18.8 Å². The highest BCUT2D eigenvalue weighted by molar-refractivity contribution is 5.82. The minimum absolute atomic E-state index is 0.228. The van der Waals surface area contributed by atoms with Gasteiger partial charge in [-0.25, -0.2) is 9.97 Å². The molecule has 0 saturated heterocycles. The summed E-state index contributed by atoms with van der Waals surface area (Å²) in [5.74, 6) is 1.60. The largest absolute Gasteiger partial charge is 0.619 e. The number of pyridine rings is 2. The van der Waals surface area contributed by atoms with Crippen LogP contribution in [0.2, 0.25) is 0 Å². The summed E-state index contributed by atoms with van der Waals surface area (Å²) in [7, 11) is 0. The number of hydrogen-bond acceptors (Lipinski definition) is 8. The van der Waals surface area contributed by atoms with Crippen LogP contribution in [0.1, 0.15) is 56.9 Å². The number of ether oxygens (including phenoxy) is 1. The smallest absolute Gasteiger partial charge is 0.185 e. The zero-order chi connectivity index (χ0) is 31.3. The molecule has 0 amide bonds. The molecule has 6 rings (SSSR count). The number of benzene rings is 2. The molecule has 1 N–H and O–H groups in total. The third-order valence-corrected chi connectivity index (χ3v) is 7.91. The van der Waals surface area contributed by atoms with Crippen LogP contribution in [0, 0.1) is 5.21 Å². The van der Waals surface area contributed by atoms with Crippen molar-refractivity contribution in [1.82, 2.24) is 34.7 Å². The molecule has 0 aliphatic rings. The molecule has 230 valence electrons. The molecular weight excluding hydrogens is 568 g/mol. The topological polar surface area (TPSA) is 131 Å². The maximum absolute atomic E-state index is 11.6. The van der Waals surface area contributed by atoms with Gasteiger partial charge < -0.3 is 19.6 Å². The van der Waals surface area contributed by atoms with Crippen molar-refractivity contribution in [2.24, 2.45) is 0 Å². The minimum Gasteiger partial charge on any atom is -0.619 e. The zero-order valence-electron chi connectivity index (χ0n) is 25.7. The van der Waals surface area contributed by atoms with Crippen LogP contribution >= 0.6 is 0 Å². The normalized spacial score (nSPS) is 12.2. The standard InChI is InChI=1S/C34H36N8O3/c1-4-6-11-32-35-30-20-29(26-16-18-40(44)19-17-26)31(22-43)36-34(30)41(32)21-24-12-14-25(15-13-24)27-9-7-8-10-28(27)33-37-38-39-42(33)23(3)45-5-2/h7-10,12-20,23,43H,4-6,11,21-22H2,1-3H3. The van der Waals surface area contributed by atoms with Gasteiger partial charge >= 0.3 is 0 Å². The molecule has 0 aliphatic carbocycles. The summed E-state index contributed by atoms with van der Waals surface area (Å²) in [4.78, 5) is 9.88. The van der Waals surface area contributed by atoms with E-state index in [1.807, 2.05) is 38.1 Å². The summed E-state index contributed by atoms with van der Waals surface area (Å²) in [6.07, 6.45) is 5.45. The lowest BCUT2D eigenvalue weighted by Gasteiger charge is -2.15. The lowest BCUT2D eigenvalue weighted by Crippen LogP contribution is -2.23. The van der Waals surface area contributed by atoms with Crippen molar-refractivity contribution >= 4 is 11.2 Å². The van der Waals surface area contributed by atoms with Crippen molar-refractivity contribution in [3.63, 3.8) is 0 Å². The molecule has 6 aromatic rings. The monoisotopic (exact) mass is 604 g/mol. The highest BCUT2D eigenvalue weighted by Crippen LogP contribution is 2.33. The number of aryl methyl sites for hydroxylation is 1. The Bertz CT molecular complexity index is 1900. The summed E-state index contributed by atoms with van der Waals surface area (Å²) in [6.45, 7) is 6.96. The first-order chi connectivity index (χ1) is 22.0. The first-order valence-electron chi connectivity index (χ1n) is 15.3. The third kappa shape index (κ3) is 6.17. The van der Waals surface area contributed by atoms with Crippen LogP contribution in [0.25, 0.3) is 44.8 Å². The second-order valence-corrected chi connectivity index (χ2v) is 10.9. The summed E-state index contributed by atoms with van der Waals surface area (Å²) in [6, 6.07) is 22.0. The van der Waals surface area contributed by atoms with Gasteiger partial charge in [0, 0.05) is 36.3 Å². The molecule has 11 nitrogen and oxygen atoms in total. The number of nitrogens with zero attached hydrogens (tertiary/aromatic N) is 8. The highest BCUT2D eigenvalue weighted by atomic mass is 16.5. The molecule has 2 aromatic carbocycles. The minimum atomic E-state index is -0.296. The van der Waals surface area contributed by atoms with Gasteiger partial charge in [-0.1, -0.05) is 61.9 Å². The maximum atomic E-state index is 11.6. The van der Waals surface area contributed by atoms with Gasteiger partial charge in [-0.3, -0.25) is 0 Å². The van der Waals surface area contributed by atoms with Gasteiger partial charge in [-0.05, 0) is 59.0 Å². The van der Waals surface area contributed by atoms with Gasteiger partial charge in [0.1, 0.15) is 11.3 Å². The predicted octanol–water partition coefficient (Wildman–Crippen LogP) is 5.49. The van der Waals surface area contributed by atoms with Crippen molar-refractivity contribution in [2.45, 2.75) is 59.4 Å². The number of fused-ring (bicyclic) bond motifs is 1. The highest BCUT2D eigenvalue weighted by Gasteiger charge is 2.19. The van der Waals surface area contributed by atoms with Crippen molar-refractivity contribution in [1.29, 1.82) is 0 Å². The molecule has 0 radical (unpaired) electrons. The first-order valence-corrected chi connectivity index (χ1v) is 15.3. The summed E-state index contributed by atoms with van der Waals surface area (Å²) in [5.41, 5.74) is 7.69. The quantitative estimate of drug-likeness (QED) is 0.143. The Morgan fingerprint density at radius 1 is 0.933 bits per heavy atom. The number of rotatable bonds is 12. The molecule has 1 unspecified atom stereocenters. The Morgan fingerprint density at radius 3 is 2.38 bits per heavy atom. The fraction of sp³-hybridized carbons (Fsp3) is 0.294. The Kier molecular flexibility index (Phi) is 8.90. The zero-order valence-corrected chi connectivity index (χ0v) is 25.7. The first kappa shape index (κ1) is 30.0. The Hall–Kier alpha value is -5.00. The number of unbranched alkanes of at least 4 members (excludes halogenated alkanes) is 1. The van der Waals surface area contributed by atoms with Gasteiger partial charge in [0.2, 0.25) is 0 Å². The molecule has 45 heavy (non-hydrogen) atoms. The molecule has 1 atom stereocenters. The predicted molar refractivity (Wildman–Crippen MR) is 171 cm³/mol. The summed E-state index contributed by atoms with van der Waals surface area (Å²) >= 11 is 0. The van der Waals surface area contributed by atoms with E-state index in [0.717, 1.165) is 74.4 Å². The average molecular weight is 605 g/mol.